The van der Waals surface area contributed by atoms with Crippen molar-refractivity contribution in [3.63, 3.8) is 0 Å². The number of imide groups is 1. The number of rotatable bonds is 5. The van der Waals surface area contributed by atoms with Crippen LogP contribution in [0.1, 0.15) is 24.5 Å². The van der Waals surface area contributed by atoms with Crippen molar-refractivity contribution in [1.29, 1.82) is 0 Å². The van der Waals surface area contributed by atoms with Gasteiger partial charge in [0, 0.05) is 22.8 Å². The third kappa shape index (κ3) is 4.26. The first kappa shape index (κ1) is 21.2. The normalized spacial score (nSPS) is 14.8. The predicted molar refractivity (Wildman–Crippen MR) is 105 cm³/mol. The van der Waals surface area contributed by atoms with Gasteiger partial charge in [-0.3, -0.25) is 14.5 Å². The first-order valence-corrected chi connectivity index (χ1v) is 9.39. The van der Waals surface area contributed by atoms with Gasteiger partial charge in [-0.1, -0.05) is 42.3 Å². The minimum atomic E-state index is -4.54. The number of nitrogens with one attached hydrogen (secondary N) is 1. The highest BCUT2D eigenvalue weighted by Crippen LogP contribution is 2.36. The molecule has 0 saturated carbocycles. The summed E-state index contributed by atoms with van der Waals surface area (Å²) in [7, 11) is 0. The molecule has 0 bridgehead atoms. The van der Waals surface area contributed by atoms with E-state index in [4.69, 9.17) is 23.2 Å². The van der Waals surface area contributed by atoms with Gasteiger partial charge in [0.2, 0.25) is 0 Å². The van der Waals surface area contributed by atoms with E-state index in [1.54, 1.807) is 6.92 Å². The van der Waals surface area contributed by atoms with Crippen LogP contribution >= 0.6 is 23.2 Å². The Morgan fingerprint density at radius 3 is 2.38 bits per heavy atom. The van der Waals surface area contributed by atoms with Crippen molar-refractivity contribution in [2.75, 3.05) is 11.9 Å². The molecule has 0 spiro atoms. The van der Waals surface area contributed by atoms with Crippen LogP contribution in [0.4, 0.5) is 18.9 Å². The van der Waals surface area contributed by atoms with E-state index in [1.807, 2.05) is 0 Å². The summed E-state index contributed by atoms with van der Waals surface area (Å²) in [6, 6.07) is 8.81. The van der Waals surface area contributed by atoms with Gasteiger partial charge in [-0.2, -0.15) is 13.2 Å². The minimum Gasteiger partial charge on any atom is -0.350 e. The molecule has 1 heterocycles. The average Bonchev–Trinajstić information content (AvgIpc) is 2.86. The van der Waals surface area contributed by atoms with Crippen LogP contribution in [0.2, 0.25) is 10.0 Å². The van der Waals surface area contributed by atoms with Crippen molar-refractivity contribution in [3.8, 4) is 0 Å². The van der Waals surface area contributed by atoms with Gasteiger partial charge >= 0.3 is 6.18 Å². The standard InChI is InChI=1S/C20H15Cl2F3N2O2/c1-2-8-27-18(28)16(14-7-6-12(21)10-15(14)22)17(19(27)29)26-13-5-3-4-11(9-13)20(23,24)25/h3-7,9-10,26H,2,8H2,1H3. The van der Waals surface area contributed by atoms with E-state index in [0.29, 0.717) is 11.4 Å². The molecule has 0 unspecified atom stereocenters. The van der Waals surface area contributed by atoms with Crippen LogP contribution in [0.25, 0.3) is 5.57 Å². The minimum absolute atomic E-state index is 0.0115. The van der Waals surface area contributed by atoms with Crippen LogP contribution in [0.3, 0.4) is 0 Å². The molecule has 0 radical (unpaired) electrons. The Bertz CT molecular complexity index is 1020. The molecule has 0 fully saturated rings. The van der Waals surface area contributed by atoms with Gasteiger partial charge in [0.1, 0.15) is 5.70 Å². The maximum Gasteiger partial charge on any atom is 0.416 e. The first-order chi connectivity index (χ1) is 13.6. The number of benzene rings is 2. The van der Waals surface area contributed by atoms with Crippen molar-refractivity contribution in [1.82, 2.24) is 4.90 Å². The maximum absolute atomic E-state index is 13.0. The van der Waals surface area contributed by atoms with Crippen LogP contribution in [0.15, 0.2) is 48.2 Å². The Morgan fingerprint density at radius 1 is 1.03 bits per heavy atom. The SMILES string of the molecule is CCCN1C(=O)C(Nc2cccc(C(F)(F)F)c2)=C(c2ccc(Cl)cc2Cl)C1=O. The fraction of sp³-hybridized carbons (Fsp3) is 0.200. The molecule has 2 amide bonds. The van der Waals surface area contributed by atoms with Gasteiger partial charge in [-0.15, -0.1) is 0 Å². The van der Waals surface area contributed by atoms with Crippen molar-refractivity contribution in [2.24, 2.45) is 0 Å². The molecule has 0 saturated heterocycles. The Hall–Kier alpha value is -2.51. The molecular weight excluding hydrogens is 428 g/mol. The number of amides is 2. The highest BCUT2D eigenvalue weighted by atomic mass is 35.5. The van der Waals surface area contributed by atoms with Gasteiger partial charge in [-0.25, -0.2) is 0 Å². The number of nitrogens with zero attached hydrogens (tertiary/aromatic N) is 1. The van der Waals surface area contributed by atoms with Gasteiger partial charge in [0.25, 0.3) is 11.8 Å². The smallest absolute Gasteiger partial charge is 0.350 e. The van der Waals surface area contributed by atoms with Gasteiger partial charge in [-0.05, 0) is 36.8 Å². The topological polar surface area (TPSA) is 49.4 Å². The van der Waals surface area contributed by atoms with Crippen LogP contribution in [0.5, 0.6) is 0 Å². The number of carbonyl (C=O) groups excluding carboxylic acids is 2. The second kappa shape index (κ2) is 8.08. The summed E-state index contributed by atoms with van der Waals surface area (Å²) in [5, 5.41) is 3.18. The summed E-state index contributed by atoms with van der Waals surface area (Å²) >= 11 is 12.1. The molecule has 152 valence electrons. The van der Waals surface area contributed by atoms with Crippen molar-refractivity contribution >= 4 is 46.3 Å². The zero-order valence-electron chi connectivity index (χ0n) is 15.1. The Kier molecular flexibility index (Phi) is 5.91. The zero-order chi connectivity index (χ0) is 21.3. The molecule has 9 heteroatoms. The number of halogens is 5. The van der Waals surface area contributed by atoms with Crippen molar-refractivity contribution in [3.05, 3.63) is 69.3 Å². The van der Waals surface area contributed by atoms with E-state index in [-0.39, 0.29) is 34.1 Å². The van der Waals surface area contributed by atoms with E-state index in [0.717, 1.165) is 17.0 Å². The number of hydrogen-bond acceptors (Lipinski definition) is 3. The van der Waals surface area contributed by atoms with Crippen LogP contribution in [-0.4, -0.2) is 23.3 Å². The maximum atomic E-state index is 13.0. The Balaban J connectivity index is 2.11. The van der Waals surface area contributed by atoms with E-state index in [2.05, 4.69) is 5.32 Å². The average molecular weight is 443 g/mol. The molecule has 29 heavy (non-hydrogen) atoms. The number of carbonyl (C=O) groups is 2. The molecule has 3 rings (SSSR count). The zero-order valence-corrected chi connectivity index (χ0v) is 16.6. The lowest BCUT2D eigenvalue weighted by atomic mass is 10.0. The molecule has 1 aliphatic rings. The Morgan fingerprint density at radius 2 is 1.76 bits per heavy atom. The first-order valence-electron chi connectivity index (χ1n) is 8.63. The molecule has 1 aliphatic heterocycles. The van der Waals surface area contributed by atoms with Crippen LogP contribution in [-0.2, 0) is 15.8 Å². The summed E-state index contributed by atoms with van der Waals surface area (Å²) in [5.74, 6) is -1.20. The number of alkyl halides is 3. The van der Waals surface area contributed by atoms with Crippen molar-refractivity contribution in [2.45, 2.75) is 19.5 Å². The molecule has 0 aromatic heterocycles. The molecule has 1 N–H and O–H groups in total. The Labute approximate surface area is 174 Å². The van der Waals surface area contributed by atoms with E-state index in [1.165, 1.54) is 30.3 Å². The second-order valence-corrected chi connectivity index (χ2v) is 7.18. The summed E-state index contributed by atoms with van der Waals surface area (Å²) in [5.41, 5.74) is -0.731. The predicted octanol–water partition coefficient (Wildman–Crippen LogP) is 5.61. The molecule has 0 atom stereocenters. The molecule has 2 aromatic rings. The molecule has 2 aromatic carbocycles. The number of hydrogen-bond donors (Lipinski definition) is 1. The van der Waals surface area contributed by atoms with E-state index in [9.17, 15) is 22.8 Å². The summed E-state index contributed by atoms with van der Waals surface area (Å²) in [6.07, 6.45) is -4.02. The third-order valence-corrected chi connectivity index (χ3v) is 4.82. The largest absolute Gasteiger partial charge is 0.416 e. The monoisotopic (exact) mass is 442 g/mol. The molecule has 4 nitrogen and oxygen atoms in total. The second-order valence-electron chi connectivity index (χ2n) is 6.34. The summed E-state index contributed by atoms with van der Waals surface area (Å²) in [4.78, 5) is 26.8. The molecular formula is C20H15Cl2F3N2O2. The highest BCUT2D eigenvalue weighted by Gasteiger charge is 2.39. The van der Waals surface area contributed by atoms with Crippen molar-refractivity contribution < 1.29 is 22.8 Å². The van der Waals surface area contributed by atoms with Crippen LogP contribution < -0.4 is 5.32 Å². The number of anilines is 1. The highest BCUT2D eigenvalue weighted by molar-refractivity contribution is 6.41. The van der Waals surface area contributed by atoms with E-state index >= 15 is 0 Å². The van der Waals surface area contributed by atoms with Crippen LogP contribution in [0, 0.1) is 0 Å². The van der Waals surface area contributed by atoms with Gasteiger partial charge < -0.3 is 5.32 Å². The fourth-order valence-electron chi connectivity index (χ4n) is 2.98. The summed E-state index contributed by atoms with van der Waals surface area (Å²) < 4.78 is 39.0. The lowest BCUT2D eigenvalue weighted by molar-refractivity contribution is -0.138. The third-order valence-electron chi connectivity index (χ3n) is 4.27. The lowest BCUT2D eigenvalue weighted by Crippen LogP contribution is -2.33. The summed E-state index contributed by atoms with van der Waals surface area (Å²) in [6.45, 7) is 1.97. The van der Waals surface area contributed by atoms with Gasteiger partial charge in [0.15, 0.2) is 0 Å². The molecule has 0 aliphatic carbocycles. The fourth-order valence-corrected chi connectivity index (χ4v) is 3.48. The quantitative estimate of drug-likeness (QED) is 0.611. The van der Waals surface area contributed by atoms with Gasteiger partial charge in [0.05, 0.1) is 16.2 Å². The van der Waals surface area contributed by atoms with E-state index < -0.39 is 23.6 Å². The lowest BCUT2D eigenvalue weighted by Gasteiger charge is -2.14.